The zero-order valence-electron chi connectivity index (χ0n) is 19.2. The first-order chi connectivity index (χ1) is 16.9. The highest BCUT2D eigenvalue weighted by atomic mass is 19.1. The summed E-state index contributed by atoms with van der Waals surface area (Å²) in [6, 6.07) is 8.04. The van der Waals surface area contributed by atoms with E-state index in [-0.39, 0.29) is 30.7 Å². The number of aliphatic carboxylic acids is 1. The van der Waals surface area contributed by atoms with Crippen molar-refractivity contribution in [2.45, 2.75) is 43.6 Å². The number of rotatable bonds is 4. The molecule has 2 aromatic heterocycles. The quantitative estimate of drug-likeness (QED) is 0.427. The first kappa shape index (κ1) is 22.2. The van der Waals surface area contributed by atoms with Crippen LogP contribution in [-0.2, 0) is 14.3 Å². The fourth-order valence-electron chi connectivity index (χ4n) is 5.71. The molecule has 2 aliphatic rings. The Morgan fingerprint density at radius 1 is 1.20 bits per heavy atom. The third kappa shape index (κ3) is 3.44. The molecule has 2 aliphatic heterocycles. The number of carboxylic acid groups (broad SMARTS) is 1. The number of benzene rings is 2. The topological polar surface area (TPSA) is 89.4 Å². The molecule has 0 saturated carbocycles. The number of hydrogen-bond acceptors (Lipinski definition) is 4. The number of carboxylic acids is 1. The van der Waals surface area contributed by atoms with Gasteiger partial charge in [-0.2, -0.15) is 5.10 Å². The Kier molecular flexibility index (Phi) is 5.16. The lowest BCUT2D eigenvalue weighted by molar-refractivity contribution is -0.157. The monoisotopic (exact) mass is 481 g/mol. The predicted molar refractivity (Wildman–Crippen MR) is 125 cm³/mol. The van der Waals surface area contributed by atoms with Crippen LogP contribution in [0.1, 0.15) is 49.3 Å². The van der Waals surface area contributed by atoms with E-state index in [4.69, 9.17) is 9.47 Å². The second-order valence-electron chi connectivity index (χ2n) is 9.66. The maximum absolute atomic E-state index is 16.2. The number of carbonyl (C=O) groups is 1. The van der Waals surface area contributed by atoms with E-state index in [1.165, 1.54) is 12.1 Å². The molecule has 2 aromatic carbocycles. The number of fused-ring (bicyclic) bond motifs is 2. The first-order valence-corrected chi connectivity index (χ1v) is 11.8. The van der Waals surface area contributed by atoms with Crippen LogP contribution in [-0.4, -0.2) is 51.3 Å². The molecule has 2 saturated heterocycles. The van der Waals surface area contributed by atoms with Crippen LogP contribution in [0.3, 0.4) is 0 Å². The van der Waals surface area contributed by atoms with Crippen molar-refractivity contribution in [1.29, 1.82) is 0 Å². The summed E-state index contributed by atoms with van der Waals surface area (Å²) in [6.45, 7) is 2.89. The number of halogens is 2. The SMILES string of the molecule is C[C@]1(C(=O)O)CC(c2c(C3CCOCC3)n(-c3ccc(F)cc3)c3cc4cn[nH]c4c(F)c23)CO1. The lowest BCUT2D eigenvalue weighted by atomic mass is 9.84. The van der Waals surface area contributed by atoms with Gasteiger partial charge in [0.2, 0.25) is 0 Å². The van der Waals surface area contributed by atoms with Crippen LogP contribution < -0.4 is 0 Å². The van der Waals surface area contributed by atoms with E-state index < -0.39 is 17.4 Å². The summed E-state index contributed by atoms with van der Waals surface area (Å²) in [5, 5.41) is 17.6. The molecule has 6 rings (SSSR count). The number of aromatic nitrogens is 3. The molecule has 0 amide bonds. The first-order valence-electron chi connectivity index (χ1n) is 11.8. The summed E-state index contributed by atoms with van der Waals surface area (Å²) in [5.74, 6) is -2.09. The van der Waals surface area contributed by atoms with E-state index in [1.807, 2.05) is 10.6 Å². The van der Waals surface area contributed by atoms with Crippen LogP contribution >= 0.6 is 0 Å². The molecule has 4 heterocycles. The molecule has 7 nitrogen and oxygen atoms in total. The van der Waals surface area contributed by atoms with Gasteiger partial charge in [0.05, 0.1) is 18.3 Å². The van der Waals surface area contributed by atoms with Crippen molar-refractivity contribution in [2.24, 2.45) is 0 Å². The Morgan fingerprint density at radius 3 is 2.63 bits per heavy atom. The summed E-state index contributed by atoms with van der Waals surface area (Å²) in [4.78, 5) is 11.9. The van der Waals surface area contributed by atoms with E-state index in [2.05, 4.69) is 10.2 Å². The van der Waals surface area contributed by atoms with Crippen molar-refractivity contribution in [3.63, 3.8) is 0 Å². The Bertz CT molecular complexity index is 1440. The van der Waals surface area contributed by atoms with Crippen LogP contribution in [0, 0.1) is 11.6 Å². The summed E-state index contributed by atoms with van der Waals surface area (Å²) >= 11 is 0. The van der Waals surface area contributed by atoms with Crippen molar-refractivity contribution in [3.05, 3.63) is 59.4 Å². The van der Waals surface area contributed by atoms with E-state index in [0.717, 1.165) is 24.1 Å². The molecule has 2 atom stereocenters. The summed E-state index contributed by atoms with van der Waals surface area (Å²) < 4.78 is 43.4. The largest absolute Gasteiger partial charge is 0.479 e. The summed E-state index contributed by atoms with van der Waals surface area (Å²) in [5.41, 5.74) is 1.98. The minimum atomic E-state index is -1.35. The highest BCUT2D eigenvalue weighted by Gasteiger charge is 2.46. The fourth-order valence-corrected chi connectivity index (χ4v) is 5.71. The van der Waals surface area contributed by atoms with Gasteiger partial charge in [-0.25, -0.2) is 13.6 Å². The predicted octanol–water partition coefficient (Wildman–Crippen LogP) is 5.03. The van der Waals surface area contributed by atoms with Crippen molar-refractivity contribution in [1.82, 2.24) is 14.8 Å². The smallest absolute Gasteiger partial charge is 0.335 e. The molecule has 9 heteroatoms. The van der Waals surface area contributed by atoms with Gasteiger partial charge in [-0.15, -0.1) is 0 Å². The van der Waals surface area contributed by atoms with Crippen LogP contribution in [0.2, 0.25) is 0 Å². The minimum Gasteiger partial charge on any atom is -0.479 e. The van der Waals surface area contributed by atoms with Gasteiger partial charge in [-0.3, -0.25) is 5.10 Å². The van der Waals surface area contributed by atoms with E-state index in [1.54, 1.807) is 25.3 Å². The van der Waals surface area contributed by atoms with Gasteiger partial charge in [0, 0.05) is 47.2 Å². The highest BCUT2D eigenvalue weighted by molar-refractivity contribution is 6.00. The molecule has 35 heavy (non-hydrogen) atoms. The average molecular weight is 481 g/mol. The molecule has 1 unspecified atom stereocenters. The summed E-state index contributed by atoms with van der Waals surface area (Å²) in [7, 11) is 0. The molecule has 0 spiro atoms. The maximum atomic E-state index is 16.2. The lowest BCUT2D eigenvalue weighted by Crippen LogP contribution is -2.34. The van der Waals surface area contributed by atoms with Crippen LogP contribution in [0.5, 0.6) is 0 Å². The number of H-pyrrole nitrogens is 1. The van der Waals surface area contributed by atoms with Crippen LogP contribution in [0.25, 0.3) is 27.5 Å². The minimum absolute atomic E-state index is 0.0590. The third-order valence-corrected chi connectivity index (χ3v) is 7.48. The third-order valence-electron chi connectivity index (χ3n) is 7.48. The Labute approximate surface area is 199 Å². The van der Waals surface area contributed by atoms with Crippen LogP contribution in [0.15, 0.2) is 36.5 Å². The Balaban J connectivity index is 1.69. The zero-order valence-corrected chi connectivity index (χ0v) is 19.2. The van der Waals surface area contributed by atoms with Gasteiger partial charge < -0.3 is 19.1 Å². The zero-order chi connectivity index (χ0) is 24.3. The molecular weight excluding hydrogens is 456 g/mol. The van der Waals surface area contributed by atoms with Gasteiger partial charge >= 0.3 is 5.97 Å². The number of hydrogen-bond donors (Lipinski definition) is 2. The van der Waals surface area contributed by atoms with Gasteiger partial charge in [-0.1, -0.05) is 0 Å². The molecule has 0 bridgehead atoms. The second kappa shape index (κ2) is 8.13. The van der Waals surface area contributed by atoms with Gasteiger partial charge in [-0.05, 0) is 62.1 Å². The Morgan fingerprint density at radius 2 is 1.94 bits per heavy atom. The number of nitrogens with one attached hydrogen (secondary N) is 1. The van der Waals surface area contributed by atoms with Crippen molar-refractivity contribution >= 4 is 27.8 Å². The standard InChI is InChI=1S/C26H25F2N3O4/c1-26(25(32)33)11-16(13-35-26)20-21-19(10-15-12-29-30-23(15)22(21)28)31(18-4-2-17(27)3-5-18)24(20)14-6-8-34-9-7-14/h2-5,10,12,14,16H,6-9,11,13H2,1H3,(H,29,30)(H,32,33)/t16?,26-/m1/s1. The van der Waals surface area contributed by atoms with Crippen molar-refractivity contribution < 1.29 is 28.2 Å². The van der Waals surface area contributed by atoms with E-state index in [0.29, 0.717) is 40.7 Å². The molecule has 2 fully saturated rings. The van der Waals surface area contributed by atoms with Gasteiger partial charge in [0.15, 0.2) is 11.4 Å². The fraction of sp³-hybridized carbons (Fsp3) is 0.385. The van der Waals surface area contributed by atoms with E-state index in [9.17, 15) is 14.3 Å². The molecular formula is C26H25F2N3O4. The van der Waals surface area contributed by atoms with Crippen molar-refractivity contribution in [2.75, 3.05) is 19.8 Å². The second-order valence-corrected chi connectivity index (χ2v) is 9.66. The number of ether oxygens (including phenoxy) is 2. The molecule has 182 valence electrons. The maximum Gasteiger partial charge on any atom is 0.335 e. The van der Waals surface area contributed by atoms with Crippen LogP contribution in [0.4, 0.5) is 8.78 Å². The number of aromatic amines is 1. The highest BCUT2D eigenvalue weighted by Crippen LogP contribution is 2.48. The summed E-state index contributed by atoms with van der Waals surface area (Å²) in [6.07, 6.45) is 3.29. The Hall–Kier alpha value is -3.30. The molecule has 0 aliphatic carbocycles. The van der Waals surface area contributed by atoms with E-state index >= 15 is 4.39 Å². The van der Waals surface area contributed by atoms with Crippen molar-refractivity contribution in [3.8, 4) is 5.69 Å². The molecule has 0 radical (unpaired) electrons. The molecule has 4 aromatic rings. The van der Waals surface area contributed by atoms with Gasteiger partial charge in [0.1, 0.15) is 11.3 Å². The average Bonchev–Trinajstić information content (AvgIpc) is 3.57. The van der Waals surface area contributed by atoms with Gasteiger partial charge in [0.25, 0.3) is 0 Å². The molecule has 2 N–H and O–H groups in total. The lowest BCUT2D eigenvalue weighted by Gasteiger charge is -2.27. The normalized spacial score (nSPS) is 23.5. The number of nitrogens with zero attached hydrogens (tertiary/aromatic N) is 2.